The third-order valence-electron chi connectivity index (χ3n) is 2.54. The molecule has 18 heavy (non-hydrogen) atoms. The third-order valence-corrected chi connectivity index (χ3v) is 2.54. The molecule has 104 valence electrons. The van der Waals surface area contributed by atoms with Crippen LogP contribution in [0.3, 0.4) is 0 Å². The van der Waals surface area contributed by atoms with Gasteiger partial charge in [0.25, 0.3) is 0 Å². The van der Waals surface area contributed by atoms with E-state index in [0.717, 1.165) is 0 Å². The van der Waals surface area contributed by atoms with E-state index in [2.05, 4.69) is 10.6 Å². The van der Waals surface area contributed by atoms with Gasteiger partial charge in [-0.1, -0.05) is 13.8 Å². The number of carboxylic acids is 2. The van der Waals surface area contributed by atoms with Gasteiger partial charge in [0.15, 0.2) is 0 Å². The summed E-state index contributed by atoms with van der Waals surface area (Å²) < 4.78 is 0. The first kappa shape index (κ1) is 16.4. The van der Waals surface area contributed by atoms with Crippen LogP contribution in [0.2, 0.25) is 0 Å². The lowest BCUT2D eigenvalue weighted by Gasteiger charge is -2.21. The first-order valence-corrected chi connectivity index (χ1v) is 5.71. The van der Waals surface area contributed by atoms with Gasteiger partial charge in [-0.25, -0.2) is 4.79 Å². The second-order valence-corrected chi connectivity index (χ2v) is 4.34. The number of carboxylic acid groups (broad SMARTS) is 2. The van der Waals surface area contributed by atoms with Crippen molar-refractivity contribution in [1.29, 1.82) is 0 Å². The molecule has 0 aliphatic heterocycles. The molecule has 0 bridgehead atoms. The summed E-state index contributed by atoms with van der Waals surface area (Å²) in [6, 6.07) is -1.68. The maximum absolute atomic E-state index is 11.8. The highest BCUT2D eigenvalue weighted by atomic mass is 16.4. The van der Waals surface area contributed by atoms with Gasteiger partial charge >= 0.3 is 11.9 Å². The van der Waals surface area contributed by atoms with Crippen molar-refractivity contribution in [2.45, 2.75) is 38.8 Å². The number of amides is 1. The SMILES string of the molecule is CN[C@@H](CCC(=O)O)C(=O)N[C@H](C(=O)O)C(C)C. The van der Waals surface area contributed by atoms with Crippen LogP contribution in [0.1, 0.15) is 26.7 Å². The second-order valence-electron chi connectivity index (χ2n) is 4.34. The smallest absolute Gasteiger partial charge is 0.326 e. The monoisotopic (exact) mass is 260 g/mol. The van der Waals surface area contributed by atoms with Crippen LogP contribution in [0.25, 0.3) is 0 Å². The van der Waals surface area contributed by atoms with Crippen molar-refractivity contribution < 1.29 is 24.6 Å². The summed E-state index contributed by atoms with van der Waals surface area (Å²) in [5.41, 5.74) is 0. The second kappa shape index (κ2) is 7.65. The summed E-state index contributed by atoms with van der Waals surface area (Å²) in [6.45, 7) is 3.37. The number of likely N-dealkylation sites (N-methyl/N-ethyl adjacent to an activating group) is 1. The van der Waals surface area contributed by atoms with Crippen LogP contribution in [-0.4, -0.2) is 47.2 Å². The number of carbonyl (C=O) groups is 3. The summed E-state index contributed by atoms with van der Waals surface area (Å²) in [6.07, 6.45) is -0.0412. The molecule has 0 radical (unpaired) electrons. The minimum atomic E-state index is -1.11. The molecule has 0 aromatic carbocycles. The van der Waals surface area contributed by atoms with Crippen molar-refractivity contribution in [2.24, 2.45) is 5.92 Å². The fourth-order valence-corrected chi connectivity index (χ4v) is 1.44. The summed E-state index contributed by atoms with van der Waals surface area (Å²) in [5.74, 6) is -2.85. The van der Waals surface area contributed by atoms with E-state index in [9.17, 15) is 14.4 Å². The van der Waals surface area contributed by atoms with Crippen LogP contribution in [0, 0.1) is 5.92 Å². The van der Waals surface area contributed by atoms with Gasteiger partial charge in [0.2, 0.25) is 5.91 Å². The van der Waals surface area contributed by atoms with E-state index >= 15 is 0 Å². The van der Waals surface area contributed by atoms with Crippen molar-refractivity contribution in [3.8, 4) is 0 Å². The van der Waals surface area contributed by atoms with Crippen LogP contribution in [-0.2, 0) is 14.4 Å². The van der Waals surface area contributed by atoms with E-state index < -0.39 is 29.9 Å². The molecule has 0 saturated heterocycles. The standard InChI is InChI=1S/C11H20N2O5/c1-6(2)9(11(17)18)13-10(16)7(12-3)4-5-8(14)15/h6-7,9,12H,4-5H2,1-3H3,(H,13,16)(H,14,15)(H,17,18)/t7-,9-/m0/s1. The number of rotatable bonds is 8. The van der Waals surface area contributed by atoms with Gasteiger partial charge < -0.3 is 20.8 Å². The van der Waals surface area contributed by atoms with E-state index in [4.69, 9.17) is 10.2 Å². The molecule has 0 rings (SSSR count). The topological polar surface area (TPSA) is 116 Å². The molecule has 0 spiro atoms. The largest absolute Gasteiger partial charge is 0.481 e. The Labute approximate surface area is 106 Å². The van der Waals surface area contributed by atoms with E-state index in [1.165, 1.54) is 7.05 Å². The van der Waals surface area contributed by atoms with Gasteiger partial charge in [-0.05, 0) is 19.4 Å². The third kappa shape index (κ3) is 5.62. The molecular weight excluding hydrogens is 240 g/mol. The van der Waals surface area contributed by atoms with E-state index in [1.54, 1.807) is 13.8 Å². The molecule has 0 aromatic heterocycles. The van der Waals surface area contributed by atoms with Gasteiger partial charge in [-0.2, -0.15) is 0 Å². The lowest BCUT2D eigenvalue weighted by atomic mass is 10.0. The summed E-state index contributed by atoms with van der Waals surface area (Å²) in [4.78, 5) is 33.1. The Balaban J connectivity index is 4.50. The Kier molecular flexibility index (Phi) is 6.96. The van der Waals surface area contributed by atoms with E-state index in [-0.39, 0.29) is 18.8 Å². The molecule has 0 saturated carbocycles. The van der Waals surface area contributed by atoms with Crippen LogP contribution >= 0.6 is 0 Å². The number of hydrogen-bond acceptors (Lipinski definition) is 4. The minimum Gasteiger partial charge on any atom is -0.481 e. The average molecular weight is 260 g/mol. The van der Waals surface area contributed by atoms with E-state index in [1.807, 2.05) is 0 Å². The molecule has 0 fully saturated rings. The van der Waals surface area contributed by atoms with Gasteiger partial charge in [0, 0.05) is 6.42 Å². The molecule has 0 heterocycles. The lowest BCUT2D eigenvalue weighted by Crippen LogP contribution is -2.51. The summed E-state index contributed by atoms with van der Waals surface area (Å²) in [5, 5.41) is 22.5. The van der Waals surface area contributed by atoms with Crippen LogP contribution < -0.4 is 10.6 Å². The molecule has 1 amide bonds. The molecule has 0 unspecified atom stereocenters. The fourth-order valence-electron chi connectivity index (χ4n) is 1.44. The molecule has 7 heteroatoms. The Morgan fingerprint density at radius 2 is 1.72 bits per heavy atom. The lowest BCUT2D eigenvalue weighted by molar-refractivity contribution is -0.143. The van der Waals surface area contributed by atoms with E-state index in [0.29, 0.717) is 0 Å². The normalized spacial score (nSPS) is 14.0. The molecule has 0 aromatic rings. The molecule has 2 atom stereocenters. The molecule has 7 nitrogen and oxygen atoms in total. The molecule has 0 aliphatic carbocycles. The van der Waals surface area contributed by atoms with Crippen molar-refractivity contribution >= 4 is 17.8 Å². The number of hydrogen-bond donors (Lipinski definition) is 4. The highest BCUT2D eigenvalue weighted by Gasteiger charge is 2.26. The van der Waals surface area contributed by atoms with Crippen LogP contribution in [0.15, 0.2) is 0 Å². The maximum atomic E-state index is 11.8. The first-order valence-electron chi connectivity index (χ1n) is 5.71. The van der Waals surface area contributed by atoms with Crippen LogP contribution in [0.5, 0.6) is 0 Å². The number of nitrogens with one attached hydrogen (secondary N) is 2. The number of carbonyl (C=O) groups excluding carboxylic acids is 1. The highest BCUT2D eigenvalue weighted by Crippen LogP contribution is 2.04. The Morgan fingerprint density at radius 1 is 1.17 bits per heavy atom. The van der Waals surface area contributed by atoms with Crippen molar-refractivity contribution in [3.05, 3.63) is 0 Å². The molecule has 0 aliphatic rings. The summed E-state index contributed by atoms with van der Waals surface area (Å²) in [7, 11) is 1.53. The average Bonchev–Trinajstić information content (AvgIpc) is 2.25. The van der Waals surface area contributed by atoms with Gasteiger partial charge in [-0.15, -0.1) is 0 Å². The van der Waals surface area contributed by atoms with Gasteiger partial charge in [0.05, 0.1) is 6.04 Å². The van der Waals surface area contributed by atoms with Crippen LogP contribution in [0.4, 0.5) is 0 Å². The predicted molar refractivity (Wildman–Crippen MR) is 64.1 cm³/mol. The Hall–Kier alpha value is -1.63. The zero-order valence-corrected chi connectivity index (χ0v) is 10.8. The maximum Gasteiger partial charge on any atom is 0.326 e. The fraction of sp³-hybridized carbons (Fsp3) is 0.727. The number of aliphatic carboxylic acids is 2. The van der Waals surface area contributed by atoms with Gasteiger partial charge in [0.1, 0.15) is 6.04 Å². The summed E-state index contributed by atoms with van der Waals surface area (Å²) >= 11 is 0. The minimum absolute atomic E-state index is 0.113. The quantitative estimate of drug-likeness (QED) is 0.474. The highest BCUT2D eigenvalue weighted by molar-refractivity contribution is 5.87. The first-order chi connectivity index (χ1) is 8.29. The molecule has 4 N–H and O–H groups in total. The zero-order chi connectivity index (χ0) is 14.3. The predicted octanol–water partition coefficient (Wildman–Crippen LogP) is -0.335. The Morgan fingerprint density at radius 3 is 2.06 bits per heavy atom. The van der Waals surface area contributed by atoms with Gasteiger partial charge in [-0.3, -0.25) is 9.59 Å². The van der Waals surface area contributed by atoms with Crippen molar-refractivity contribution in [3.63, 3.8) is 0 Å². The Bertz CT molecular complexity index is 317. The van der Waals surface area contributed by atoms with Crippen molar-refractivity contribution in [2.75, 3.05) is 7.05 Å². The zero-order valence-electron chi connectivity index (χ0n) is 10.8. The van der Waals surface area contributed by atoms with Crippen molar-refractivity contribution in [1.82, 2.24) is 10.6 Å². The molecular formula is C11H20N2O5.